The van der Waals surface area contributed by atoms with Gasteiger partial charge in [-0.3, -0.25) is 0 Å². The Bertz CT molecular complexity index is 915. The quantitative estimate of drug-likeness (QED) is 0.597. The number of aromatic nitrogens is 2. The standard InChI is InChI=1S/C20H19N3O/c24-19-12-21-11-18(19)23-8-7-22-20(23)14-5-6-17-15(10-14)9-13-3-1-2-4-16(13)17/h1-8,10,18-19,21,24H,9,11-12H2/t18-,19+/m1/s1. The summed E-state index contributed by atoms with van der Waals surface area (Å²) in [4.78, 5) is 4.56. The first-order valence-corrected chi connectivity index (χ1v) is 8.44. The lowest BCUT2D eigenvalue weighted by molar-refractivity contribution is 0.151. The van der Waals surface area contributed by atoms with E-state index in [2.05, 4.69) is 57.3 Å². The molecule has 24 heavy (non-hydrogen) atoms. The van der Waals surface area contributed by atoms with Gasteiger partial charge in [0.25, 0.3) is 0 Å². The van der Waals surface area contributed by atoms with Crippen LogP contribution in [0.15, 0.2) is 54.9 Å². The SMILES string of the molecule is O[C@H]1CNC[C@H]1n1ccnc1-c1ccc2c(c1)Cc1ccccc1-2. The minimum absolute atomic E-state index is 0.0490. The van der Waals surface area contributed by atoms with Crippen molar-refractivity contribution < 1.29 is 5.11 Å². The first kappa shape index (κ1) is 14.0. The van der Waals surface area contributed by atoms with Gasteiger partial charge in [-0.1, -0.05) is 36.4 Å². The molecule has 2 heterocycles. The molecular formula is C20H19N3O. The van der Waals surface area contributed by atoms with Gasteiger partial charge in [0, 0.05) is 31.0 Å². The number of hydrogen-bond donors (Lipinski definition) is 2. The zero-order valence-corrected chi connectivity index (χ0v) is 13.3. The number of benzene rings is 2. The minimum Gasteiger partial charge on any atom is -0.390 e. The lowest BCUT2D eigenvalue weighted by Crippen LogP contribution is -2.22. The molecule has 0 radical (unpaired) electrons. The maximum Gasteiger partial charge on any atom is 0.140 e. The highest BCUT2D eigenvalue weighted by Crippen LogP contribution is 2.38. The van der Waals surface area contributed by atoms with Crippen LogP contribution in [0.1, 0.15) is 17.2 Å². The monoisotopic (exact) mass is 317 g/mol. The summed E-state index contributed by atoms with van der Waals surface area (Å²) in [6.45, 7) is 1.42. The molecule has 5 rings (SSSR count). The van der Waals surface area contributed by atoms with Gasteiger partial charge >= 0.3 is 0 Å². The van der Waals surface area contributed by atoms with Crippen LogP contribution in [0.5, 0.6) is 0 Å². The van der Waals surface area contributed by atoms with Crippen LogP contribution in [0.4, 0.5) is 0 Å². The van der Waals surface area contributed by atoms with Gasteiger partial charge in [0.05, 0.1) is 12.1 Å². The Morgan fingerprint density at radius 3 is 2.79 bits per heavy atom. The van der Waals surface area contributed by atoms with Gasteiger partial charge in [-0.25, -0.2) is 4.98 Å². The number of imidazole rings is 1. The fraction of sp³-hybridized carbons (Fsp3) is 0.250. The van der Waals surface area contributed by atoms with Crippen molar-refractivity contribution in [2.24, 2.45) is 0 Å². The number of nitrogens with zero attached hydrogens (tertiary/aromatic N) is 2. The molecule has 3 aromatic rings. The summed E-state index contributed by atoms with van der Waals surface area (Å²) in [6, 6.07) is 15.3. The molecule has 1 aliphatic heterocycles. The molecule has 2 aromatic carbocycles. The summed E-state index contributed by atoms with van der Waals surface area (Å²) < 4.78 is 2.11. The van der Waals surface area contributed by atoms with E-state index < -0.39 is 0 Å². The van der Waals surface area contributed by atoms with Gasteiger partial charge in [0.1, 0.15) is 5.82 Å². The Morgan fingerprint density at radius 2 is 1.92 bits per heavy atom. The van der Waals surface area contributed by atoms with Crippen molar-refractivity contribution in [1.82, 2.24) is 14.9 Å². The van der Waals surface area contributed by atoms with E-state index >= 15 is 0 Å². The average Bonchev–Trinajstić information content (AvgIpc) is 3.31. The van der Waals surface area contributed by atoms with Crippen LogP contribution in [0.3, 0.4) is 0 Å². The molecule has 0 unspecified atom stereocenters. The molecule has 1 aromatic heterocycles. The van der Waals surface area contributed by atoms with Crippen molar-refractivity contribution >= 4 is 0 Å². The lowest BCUT2D eigenvalue weighted by Gasteiger charge is -2.18. The van der Waals surface area contributed by atoms with Crippen LogP contribution < -0.4 is 5.32 Å². The van der Waals surface area contributed by atoms with Crippen molar-refractivity contribution in [2.75, 3.05) is 13.1 Å². The Labute approximate surface area is 140 Å². The van der Waals surface area contributed by atoms with Crippen molar-refractivity contribution in [1.29, 1.82) is 0 Å². The predicted octanol–water partition coefficient (Wildman–Crippen LogP) is 2.63. The van der Waals surface area contributed by atoms with E-state index in [1.807, 2.05) is 12.4 Å². The van der Waals surface area contributed by atoms with Crippen LogP contribution in [-0.2, 0) is 6.42 Å². The van der Waals surface area contributed by atoms with Crippen molar-refractivity contribution in [3.63, 3.8) is 0 Å². The van der Waals surface area contributed by atoms with Crippen molar-refractivity contribution in [2.45, 2.75) is 18.6 Å². The lowest BCUT2D eigenvalue weighted by atomic mass is 10.0. The Kier molecular flexibility index (Phi) is 3.08. The smallest absolute Gasteiger partial charge is 0.140 e. The summed E-state index contributed by atoms with van der Waals surface area (Å²) >= 11 is 0. The Hall–Kier alpha value is -2.43. The van der Waals surface area contributed by atoms with E-state index in [0.29, 0.717) is 6.54 Å². The van der Waals surface area contributed by atoms with Gasteiger partial charge in [-0.15, -0.1) is 0 Å². The zero-order chi connectivity index (χ0) is 16.1. The molecule has 2 atom stereocenters. The highest BCUT2D eigenvalue weighted by atomic mass is 16.3. The summed E-state index contributed by atoms with van der Waals surface area (Å²) in [7, 11) is 0. The summed E-state index contributed by atoms with van der Waals surface area (Å²) in [5.74, 6) is 0.932. The minimum atomic E-state index is -0.364. The molecule has 2 aliphatic rings. The number of nitrogens with one attached hydrogen (secondary N) is 1. The zero-order valence-electron chi connectivity index (χ0n) is 13.3. The molecule has 120 valence electrons. The van der Waals surface area contributed by atoms with Crippen LogP contribution >= 0.6 is 0 Å². The first-order valence-electron chi connectivity index (χ1n) is 8.44. The van der Waals surface area contributed by atoms with Gasteiger partial charge in [0.15, 0.2) is 0 Å². The molecule has 1 fully saturated rings. The normalized spacial score (nSPS) is 21.7. The van der Waals surface area contributed by atoms with E-state index in [1.54, 1.807) is 0 Å². The van der Waals surface area contributed by atoms with Crippen molar-refractivity contribution in [3.05, 3.63) is 66.0 Å². The number of fused-ring (bicyclic) bond motifs is 3. The summed E-state index contributed by atoms with van der Waals surface area (Å²) in [6.07, 6.45) is 4.41. The third-order valence-electron chi connectivity index (χ3n) is 5.23. The molecule has 4 heteroatoms. The molecular weight excluding hydrogens is 298 g/mol. The molecule has 1 aliphatic carbocycles. The van der Waals surface area contributed by atoms with Gasteiger partial charge in [-0.2, -0.15) is 0 Å². The highest BCUT2D eigenvalue weighted by Gasteiger charge is 2.28. The van der Waals surface area contributed by atoms with Crippen LogP contribution in [0.2, 0.25) is 0 Å². The Balaban J connectivity index is 1.56. The maximum atomic E-state index is 10.2. The third-order valence-corrected chi connectivity index (χ3v) is 5.23. The van der Waals surface area contributed by atoms with Crippen LogP contribution in [-0.4, -0.2) is 33.9 Å². The van der Waals surface area contributed by atoms with E-state index in [4.69, 9.17) is 0 Å². The molecule has 4 nitrogen and oxygen atoms in total. The first-order chi connectivity index (χ1) is 11.8. The third kappa shape index (κ3) is 2.04. The highest BCUT2D eigenvalue weighted by molar-refractivity contribution is 5.79. The summed E-state index contributed by atoms with van der Waals surface area (Å²) in [5, 5.41) is 13.4. The Morgan fingerprint density at radius 1 is 1.04 bits per heavy atom. The second-order valence-electron chi connectivity index (χ2n) is 6.66. The fourth-order valence-corrected chi connectivity index (χ4v) is 4.02. The van der Waals surface area contributed by atoms with Gasteiger partial charge < -0.3 is 15.0 Å². The molecule has 0 spiro atoms. The van der Waals surface area contributed by atoms with E-state index in [1.165, 1.54) is 22.3 Å². The second kappa shape index (κ2) is 5.30. The number of aliphatic hydroxyl groups is 1. The largest absolute Gasteiger partial charge is 0.390 e. The van der Waals surface area contributed by atoms with Gasteiger partial charge in [0.2, 0.25) is 0 Å². The van der Waals surface area contributed by atoms with E-state index in [0.717, 1.165) is 24.4 Å². The maximum absolute atomic E-state index is 10.2. The van der Waals surface area contributed by atoms with Crippen molar-refractivity contribution in [3.8, 4) is 22.5 Å². The molecule has 2 N–H and O–H groups in total. The summed E-state index contributed by atoms with van der Waals surface area (Å²) in [5.41, 5.74) is 6.54. The average molecular weight is 317 g/mol. The van der Waals surface area contributed by atoms with Gasteiger partial charge in [-0.05, 0) is 34.7 Å². The number of hydrogen-bond acceptors (Lipinski definition) is 3. The fourth-order valence-electron chi connectivity index (χ4n) is 4.02. The topological polar surface area (TPSA) is 50.1 Å². The van der Waals surface area contributed by atoms with Crippen LogP contribution in [0.25, 0.3) is 22.5 Å². The van der Waals surface area contributed by atoms with E-state index in [-0.39, 0.29) is 12.1 Å². The van der Waals surface area contributed by atoms with E-state index in [9.17, 15) is 5.11 Å². The van der Waals surface area contributed by atoms with Crippen LogP contribution in [0, 0.1) is 0 Å². The molecule has 0 bridgehead atoms. The molecule has 1 saturated heterocycles. The number of β-amino-alcohol motifs (C(OH)–C–C–N with tert-alkyl or cyclic N) is 1. The second-order valence-corrected chi connectivity index (χ2v) is 6.66. The molecule has 0 saturated carbocycles. The molecule has 0 amide bonds. The number of rotatable bonds is 2. The number of aliphatic hydroxyl groups excluding tert-OH is 1. The predicted molar refractivity (Wildman–Crippen MR) is 93.8 cm³/mol.